The van der Waals surface area contributed by atoms with Crippen molar-refractivity contribution in [3.05, 3.63) is 63.6 Å². The summed E-state index contributed by atoms with van der Waals surface area (Å²) >= 11 is 12.0. The largest absolute Gasteiger partial charge is 0.493 e. The number of primary amides is 1. The highest BCUT2D eigenvalue weighted by molar-refractivity contribution is 6.36. The van der Waals surface area contributed by atoms with Gasteiger partial charge in [-0.1, -0.05) is 35.3 Å². The molecule has 1 amide bonds. The first-order chi connectivity index (χ1) is 11.5. The predicted octanol–water partition coefficient (Wildman–Crippen LogP) is 4.08. The van der Waals surface area contributed by atoms with Crippen molar-refractivity contribution in [3.8, 4) is 5.75 Å². The highest BCUT2D eigenvalue weighted by atomic mass is 35.5. The molecular weight excluding hydrogens is 351 g/mol. The lowest BCUT2D eigenvalue weighted by Gasteiger charge is -2.06. The molecule has 0 aliphatic carbocycles. The summed E-state index contributed by atoms with van der Waals surface area (Å²) in [5.41, 5.74) is 6.49. The van der Waals surface area contributed by atoms with Crippen LogP contribution in [-0.4, -0.2) is 13.0 Å². The van der Waals surface area contributed by atoms with Crippen LogP contribution in [-0.2, 0) is 0 Å². The van der Waals surface area contributed by atoms with Gasteiger partial charge in [0.2, 0.25) is 5.55 Å². The lowest BCUT2D eigenvalue weighted by Crippen LogP contribution is -2.21. The topological polar surface area (TPSA) is 77.8 Å². The third kappa shape index (κ3) is 3.09. The van der Waals surface area contributed by atoms with Crippen LogP contribution in [0.1, 0.15) is 10.4 Å². The Labute approximate surface area is 147 Å². The minimum absolute atomic E-state index is 0.0451. The van der Waals surface area contributed by atoms with Crippen molar-refractivity contribution < 1.29 is 13.9 Å². The predicted molar refractivity (Wildman–Crippen MR) is 93.0 cm³/mol. The second-order valence-electron chi connectivity index (χ2n) is 4.92. The van der Waals surface area contributed by atoms with Gasteiger partial charge in [-0.2, -0.15) is 0 Å². The van der Waals surface area contributed by atoms with Crippen molar-refractivity contribution in [1.82, 2.24) is 0 Å². The van der Waals surface area contributed by atoms with Gasteiger partial charge in [0.1, 0.15) is 5.56 Å². The quantitative estimate of drug-likeness (QED) is 0.762. The van der Waals surface area contributed by atoms with Crippen LogP contribution in [0.3, 0.4) is 0 Å². The van der Waals surface area contributed by atoms with E-state index in [1.54, 1.807) is 42.5 Å². The molecule has 0 saturated carbocycles. The van der Waals surface area contributed by atoms with Crippen LogP contribution in [0.5, 0.6) is 5.75 Å². The second kappa shape index (κ2) is 6.55. The normalized spacial score (nSPS) is 11.7. The van der Waals surface area contributed by atoms with E-state index < -0.39 is 5.91 Å². The minimum Gasteiger partial charge on any atom is -0.493 e. The summed E-state index contributed by atoms with van der Waals surface area (Å²) in [6, 6.07) is 11.7. The highest BCUT2D eigenvalue weighted by Gasteiger charge is 2.12. The molecule has 0 unspecified atom stereocenters. The first-order valence-electron chi connectivity index (χ1n) is 6.90. The molecule has 0 spiro atoms. The SMILES string of the molecule is COc1cccc2cc(C(N)=O)c(=Nc3ccc(Cl)cc3Cl)oc12. The number of carbonyl (C=O) groups excluding carboxylic acids is 1. The standard InChI is InChI=1S/C17H12Cl2N2O3/c1-23-14-4-2-3-9-7-11(16(20)22)17(24-15(9)14)21-13-6-5-10(18)8-12(13)19/h2-8H,1H3,(H2,20,22). The number of hydrogen-bond donors (Lipinski definition) is 1. The molecule has 0 atom stereocenters. The number of fused-ring (bicyclic) bond motifs is 1. The maximum absolute atomic E-state index is 11.8. The Kier molecular flexibility index (Phi) is 4.46. The molecule has 0 aliphatic rings. The average Bonchev–Trinajstić information content (AvgIpc) is 2.56. The summed E-state index contributed by atoms with van der Waals surface area (Å²) in [4.78, 5) is 16.1. The number of nitrogens with zero attached hydrogens (tertiary/aromatic N) is 1. The number of para-hydroxylation sites is 1. The Balaban J connectivity index is 2.34. The van der Waals surface area contributed by atoms with Gasteiger partial charge in [-0.25, -0.2) is 4.99 Å². The molecule has 2 N–H and O–H groups in total. The van der Waals surface area contributed by atoms with E-state index in [0.29, 0.717) is 32.5 Å². The minimum atomic E-state index is -0.660. The van der Waals surface area contributed by atoms with Crippen molar-refractivity contribution in [2.75, 3.05) is 7.11 Å². The number of rotatable bonds is 3. The Hall–Kier alpha value is -2.50. The zero-order valence-corrected chi connectivity index (χ0v) is 14.1. The molecule has 0 radical (unpaired) electrons. The van der Waals surface area contributed by atoms with Gasteiger partial charge >= 0.3 is 0 Å². The summed E-state index contributed by atoms with van der Waals surface area (Å²) in [5, 5.41) is 1.48. The molecule has 122 valence electrons. The van der Waals surface area contributed by atoms with Crippen molar-refractivity contribution in [3.63, 3.8) is 0 Å². The fourth-order valence-electron chi connectivity index (χ4n) is 2.23. The third-order valence-electron chi connectivity index (χ3n) is 3.36. The van der Waals surface area contributed by atoms with Gasteiger partial charge < -0.3 is 14.9 Å². The fourth-order valence-corrected chi connectivity index (χ4v) is 2.68. The van der Waals surface area contributed by atoms with E-state index in [0.717, 1.165) is 0 Å². The van der Waals surface area contributed by atoms with E-state index in [9.17, 15) is 4.79 Å². The van der Waals surface area contributed by atoms with E-state index in [-0.39, 0.29) is 11.1 Å². The molecule has 1 heterocycles. The Morgan fingerprint density at radius 3 is 2.67 bits per heavy atom. The van der Waals surface area contributed by atoms with E-state index in [1.165, 1.54) is 7.11 Å². The van der Waals surface area contributed by atoms with Crippen molar-refractivity contribution in [1.29, 1.82) is 0 Å². The van der Waals surface area contributed by atoms with Gasteiger partial charge in [0.15, 0.2) is 11.3 Å². The van der Waals surface area contributed by atoms with Crippen LogP contribution < -0.4 is 16.0 Å². The molecule has 1 aromatic heterocycles. The van der Waals surface area contributed by atoms with Crippen molar-refractivity contribution >= 4 is 45.8 Å². The second-order valence-corrected chi connectivity index (χ2v) is 5.76. The average molecular weight is 363 g/mol. The molecule has 3 rings (SSSR count). The number of ether oxygens (including phenoxy) is 1. The smallest absolute Gasteiger partial charge is 0.254 e. The zero-order valence-electron chi connectivity index (χ0n) is 12.5. The van der Waals surface area contributed by atoms with Gasteiger partial charge in [0.05, 0.1) is 17.8 Å². The first-order valence-corrected chi connectivity index (χ1v) is 7.65. The summed E-state index contributed by atoms with van der Waals surface area (Å²) in [7, 11) is 1.53. The number of nitrogens with two attached hydrogens (primary N) is 1. The van der Waals surface area contributed by atoms with Gasteiger partial charge in [0.25, 0.3) is 5.91 Å². The molecule has 24 heavy (non-hydrogen) atoms. The lowest BCUT2D eigenvalue weighted by molar-refractivity contribution is 0.0996. The number of amides is 1. The number of methoxy groups -OCH3 is 1. The lowest BCUT2D eigenvalue weighted by atomic mass is 10.1. The fraction of sp³-hybridized carbons (Fsp3) is 0.0588. The maximum atomic E-state index is 11.8. The van der Waals surface area contributed by atoms with Crippen LogP contribution in [0.4, 0.5) is 5.69 Å². The molecule has 0 bridgehead atoms. The molecule has 0 saturated heterocycles. The third-order valence-corrected chi connectivity index (χ3v) is 3.89. The zero-order chi connectivity index (χ0) is 17.3. The molecule has 5 nitrogen and oxygen atoms in total. The van der Waals surface area contributed by atoms with E-state index >= 15 is 0 Å². The Morgan fingerprint density at radius 1 is 1.21 bits per heavy atom. The van der Waals surface area contributed by atoms with Gasteiger partial charge in [-0.15, -0.1) is 0 Å². The van der Waals surface area contributed by atoms with E-state index in [4.69, 9.17) is 38.1 Å². The first kappa shape index (κ1) is 16.4. The van der Waals surface area contributed by atoms with Gasteiger partial charge in [-0.05, 0) is 30.3 Å². The summed E-state index contributed by atoms with van der Waals surface area (Å²) < 4.78 is 11.1. The van der Waals surface area contributed by atoms with Crippen molar-refractivity contribution in [2.45, 2.75) is 0 Å². The Bertz CT molecular complexity index is 1010. The maximum Gasteiger partial charge on any atom is 0.254 e. The number of carbonyl (C=O) groups is 1. The Morgan fingerprint density at radius 2 is 2.00 bits per heavy atom. The summed E-state index contributed by atoms with van der Waals surface area (Å²) in [6.45, 7) is 0. The monoisotopic (exact) mass is 362 g/mol. The van der Waals surface area contributed by atoms with Crippen LogP contribution in [0.15, 0.2) is 51.9 Å². The molecule has 0 aliphatic heterocycles. The van der Waals surface area contributed by atoms with E-state index in [2.05, 4.69) is 4.99 Å². The van der Waals surface area contributed by atoms with E-state index in [1.807, 2.05) is 0 Å². The summed E-state index contributed by atoms with van der Waals surface area (Å²) in [5.74, 6) is -0.144. The molecule has 2 aromatic carbocycles. The number of halogens is 2. The van der Waals surface area contributed by atoms with Crippen LogP contribution >= 0.6 is 23.2 Å². The number of benzene rings is 2. The molecule has 0 fully saturated rings. The van der Waals surface area contributed by atoms with Crippen LogP contribution in [0.2, 0.25) is 10.0 Å². The molecule has 7 heteroatoms. The summed E-state index contributed by atoms with van der Waals surface area (Å²) in [6.07, 6.45) is 0. The van der Waals surface area contributed by atoms with Crippen LogP contribution in [0.25, 0.3) is 11.0 Å². The van der Waals surface area contributed by atoms with Gasteiger partial charge in [-0.3, -0.25) is 4.79 Å². The highest BCUT2D eigenvalue weighted by Crippen LogP contribution is 2.28. The van der Waals surface area contributed by atoms with Crippen molar-refractivity contribution in [2.24, 2.45) is 10.7 Å². The molecular formula is C17H12Cl2N2O3. The van der Waals surface area contributed by atoms with Crippen LogP contribution in [0, 0.1) is 0 Å². The molecule has 3 aromatic rings. The number of hydrogen-bond acceptors (Lipinski definition) is 4. The van der Waals surface area contributed by atoms with Gasteiger partial charge in [0, 0.05) is 10.4 Å².